The van der Waals surface area contributed by atoms with Crippen molar-refractivity contribution in [2.75, 3.05) is 0 Å². The smallest absolute Gasteiger partial charge is 0.318 e. The third kappa shape index (κ3) is 5.67. The molecule has 5 nitrogen and oxygen atoms in total. The van der Waals surface area contributed by atoms with E-state index in [9.17, 15) is 9.59 Å². The van der Waals surface area contributed by atoms with E-state index in [1.165, 1.54) is 5.56 Å². The highest BCUT2D eigenvalue weighted by Gasteiger charge is 2.23. The molecule has 1 aromatic rings. The Bertz CT molecular complexity index is 544. The number of nitrogens with two attached hydrogens (primary N) is 1. The molecule has 3 amide bonds. The van der Waals surface area contributed by atoms with Gasteiger partial charge in [-0.3, -0.25) is 15.4 Å². The predicted octanol–water partition coefficient (Wildman–Crippen LogP) is 2.85. The first-order chi connectivity index (χ1) is 10.5. The Morgan fingerprint density at radius 2 is 1.57 bits per heavy atom. The molecule has 0 aliphatic carbocycles. The van der Waals surface area contributed by atoms with Gasteiger partial charge in [-0.05, 0) is 29.4 Å². The van der Waals surface area contributed by atoms with Gasteiger partial charge in [0, 0.05) is 6.04 Å². The fourth-order valence-corrected chi connectivity index (χ4v) is 2.44. The number of rotatable bonds is 5. The molecule has 0 heterocycles. The van der Waals surface area contributed by atoms with Crippen LogP contribution in [-0.2, 0) is 10.2 Å². The number of nitrogens with one attached hydrogen (secondary N) is 2. The number of benzene rings is 1. The standard InChI is InChI=1S/C18H29N3O2/c1-11(2)15(20-12(3)16(22)21-17(19)23)13-7-9-14(10-8-13)18(4,5)6/h7-12,15,20H,1-6H3,(H3,19,21,22,23)/t12-,15+/m1/s1. The molecule has 0 saturated heterocycles. The Kier molecular flexibility index (Phi) is 6.33. The van der Waals surface area contributed by atoms with Crippen molar-refractivity contribution in [3.05, 3.63) is 35.4 Å². The molecule has 0 saturated carbocycles. The zero-order valence-electron chi connectivity index (χ0n) is 14.9. The van der Waals surface area contributed by atoms with E-state index in [0.717, 1.165) is 5.56 Å². The van der Waals surface area contributed by atoms with Gasteiger partial charge in [-0.2, -0.15) is 0 Å². The van der Waals surface area contributed by atoms with Gasteiger partial charge in [0.1, 0.15) is 0 Å². The molecule has 0 unspecified atom stereocenters. The van der Waals surface area contributed by atoms with Gasteiger partial charge in [0.25, 0.3) is 0 Å². The number of amides is 3. The minimum atomic E-state index is -0.834. The highest BCUT2D eigenvalue weighted by Crippen LogP contribution is 2.27. The lowest BCUT2D eigenvalue weighted by molar-refractivity contribution is -0.121. The number of primary amides is 1. The minimum Gasteiger partial charge on any atom is -0.351 e. The summed E-state index contributed by atoms with van der Waals surface area (Å²) in [6.07, 6.45) is 0. The van der Waals surface area contributed by atoms with Crippen molar-refractivity contribution in [2.24, 2.45) is 11.7 Å². The second-order valence-electron chi connectivity index (χ2n) is 7.34. The Hall–Kier alpha value is -1.88. The van der Waals surface area contributed by atoms with Crippen LogP contribution in [0.15, 0.2) is 24.3 Å². The molecule has 23 heavy (non-hydrogen) atoms. The second kappa shape index (κ2) is 7.59. The van der Waals surface area contributed by atoms with Crippen molar-refractivity contribution < 1.29 is 9.59 Å². The topological polar surface area (TPSA) is 84.2 Å². The Morgan fingerprint density at radius 1 is 1.04 bits per heavy atom. The molecule has 0 spiro atoms. The summed E-state index contributed by atoms with van der Waals surface area (Å²) in [5.74, 6) is -0.131. The highest BCUT2D eigenvalue weighted by atomic mass is 16.2. The van der Waals surface area contributed by atoms with Crippen molar-refractivity contribution in [1.82, 2.24) is 10.6 Å². The van der Waals surface area contributed by atoms with Crippen LogP contribution >= 0.6 is 0 Å². The molecule has 1 aromatic carbocycles. The molecule has 2 atom stereocenters. The second-order valence-corrected chi connectivity index (χ2v) is 7.34. The quantitative estimate of drug-likeness (QED) is 0.780. The molecular weight excluding hydrogens is 290 g/mol. The van der Waals surface area contributed by atoms with Crippen molar-refractivity contribution >= 4 is 11.9 Å². The summed E-state index contributed by atoms with van der Waals surface area (Å²) in [4.78, 5) is 22.7. The summed E-state index contributed by atoms with van der Waals surface area (Å²) in [6.45, 7) is 12.4. The van der Waals surface area contributed by atoms with Crippen LogP contribution in [0.1, 0.15) is 58.7 Å². The van der Waals surface area contributed by atoms with Gasteiger partial charge in [-0.15, -0.1) is 0 Å². The van der Waals surface area contributed by atoms with E-state index >= 15 is 0 Å². The first-order valence-electron chi connectivity index (χ1n) is 7.99. The molecule has 0 aliphatic heterocycles. The summed E-state index contributed by atoms with van der Waals surface area (Å²) >= 11 is 0. The number of hydrogen-bond acceptors (Lipinski definition) is 3. The Labute approximate surface area is 139 Å². The van der Waals surface area contributed by atoms with E-state index in [1.54, 1.807) is 6.92 Å². The van der Waals surface area contributed by atoms with Crippen molar-refractivity contribution in [3.8, 4) is 0 Å². The minimum absolute atomic E-state index is 0.0117. The Morgan fingerprint density at radius 3 is 1.96 bits per heavy atom. The summed E-state index contributed by atoms with van der Waals surface area (Å²) in [5, 5.41) is 5.38. The number of carbonyl (C=O) groups is 2. The third-order valence-electron chi connectivity index (χ3n) is 3.87. The maximum atomic E-state index is 11.9. The van der Waals surface area contributed by atoms with Crippen LogP contribution in [0, 0.1) is 5.92 Å². The summed E-state index contributed by atoms with van der Waals surface area (Å²) in [7, 11) is 0. The van der Waals surface area contributed by atoms with Gasteiger partial charge in [0.15, 0.2) is 0 Å². The van der Waals surface area contributed by atoms with E-state index in [4.69, 9.17) is 5.73 Å². The van der Waals surface area contributed by atoms with E-state index in [0.29, 0.717) is 5.92 Å². The predicted molar refractivity (Wildman–Crippen MR) is 93.0 cm³/mol. The van der Waals surface area contributed by atoms with E-state index in [-0.39, 0.29) is 11.5 Å². The SMILES string of the molecule is CC(C)[C@H](N[C@H](C)C(=O)NC(N)=O)c1ccc(C(C)(C)C)cc1. The molecule has 4 N–H and O–H groups in total. The van der Waals surface area contributed by atoms with Gasteiger partial charge >= 0.3 is 6.03 Å². The van der Waals surface area contributed by atoms with Crippen LogP contribution in [0.3, 0.4) is 0 Å². The van der Waals surface area contributed by atoms with Crippen LogP contribution in [0.25, 0.3) is 0 Å². The van der Waals surface area contributed by atoms with Gasteiger partial charge in [-0.1, -0.05) is 58.9 Å². The molecule has 0 radical (unpaired) electrons. The highest BCUT2D eigenvalue weighted by molar-refractivity contribution is 5.96. The molecule has 128 valence electrons. The summed E-state index contributed by atoms with van der Waals surface area (Å²) in [5.41, 5.74) is 7.48. The molecular formula is C18H29N3O2. The lowest BCUT2D eigenvalue weighted by Crippen LogP contribution is -2.48. The Balaban J connectivity index is 2.90. The average Bonchev–Trinajstić information content (AvgIpc) is 2.42. The summed E-state index contributed by atoms with van der Waals surface area (Å²) < 4.78 is 0. The molecule has 0 aromatic heterocycles. The number of urea groups is 1. The van der Waals surface area contributed by atoms with E-state index in [2.05, 4.69) is 69.5 Å². The molecule has 0 fully saturated rings. The molecule has 0 aliphatic rings. The largest absolute Gasteiger partial charge is 0.351 e. The molecule has 5 heteroatoms. The number of hydrogen-bond donors (Lipinski definition) is 3. The van der Waals surface area contributed by atoms with Gasteiger partial charge in [0.05, 0.1) is 6.04 Å². The number of carbonyl (C=O) groups excluding carboxylic acids is 2. The van der Waals surface area contributed by atoms with Crippen LogP contribution in [-0.4, -0.2) is 18.0 Å². The maximum absolute atomic E-state index is 11.9. The lowest BCUT2D eigenvalue weighted by atomic mass is 9.85. The zero-order chi connectivity index (χ0) is 17.8. The molecule has 0 bridgehead atoms. The summed E-state index contributed by atoms with van der Waals surface area (Å²) in [6, 6.07) is 7.10. The zero-order valence-corrected chi connectivity index (χ0v) is 14.9. The van der Waals surface area contributed by atoms with Gasteiger partial charge in [-0.25, -0.2) is 4.79 Å². The van der Waals surface area contributed by atoms with Crippen LogP contribution < -0.4 is 16.4 Å². The van der Waals surface area contributed by atoms with E-state index < -0.39 is 18.0 Å². The maximum Gasteiger partial charge on any atom is 0.318 e. The average molecular weight is 319 g/mol. The number of imide groups is 1. The van der Waals surface area contributed by atoms with Crippen molar-refractivity contribution in [3.63, 3.8) is 0 Å². The monoisotopic (exact) mass is 319 g/mol. The van der Waals surface area contributed by atoms with Gasteiger partial charge in [0.2, 0.25) is 5.91 Å². The fourth-order valence-electron chi connectivity index (χ4n) is 2.44. The normalized spacial score (nSPS) is 14.4. The first kappa shape index (κ1) is 19.2. The van der Waals surface area contributed by atoms with Crippen LogP contribution in [0.5, 0.6) is 0 Å². The van der Waals surface area contributed by atoms with Crippen molar-refractivity contribution in [1.29, 1.82) is 0 Å². The van der Waals surface area contributed by atoms with Gasteiger partial charge < -0.3 is 5.73 Å². The van der Waals surface area contributed by atoms with Crippen LogP contribution in [0.2, 0.25) is 0 Å². The van der Waals surface area contributed by atoms with Crippen LogP contribution in [0.4, 0.5) is 4.79 Å². The van der Waals surface area contributed by atoms with E-state index in [1.807, 2.05) is 0 Å². The van der Waals surface area contributed by atoms with Crippen molar-refractivity contribution in [2.45, 2.75) is 59.0 Å². The lowest BCUT2D eigenvalue weighted by Gasteiger charge is -2.27. The fraction of sp³-hybridized carbons (Fsp3) is 0.556. The molecule has 1 rings (SSSR count). The first-order valence-corrected chi connectivity index (χ1v) is 7.99. The third-order valence-corrected chi connectivity index (χ3v) is 3.87.